The van der Waals surface area contributed by atoms with Gasteiger partial charge in [-0.05, 0) is 13.3 Å². The molecular weight excluding hydrogens is 260 g/mol. The number of carboxylic acid groups (broad SMARTS) is 1. The van der Waals surface area contributed by atoms with Crippen LogP contribution in [0.4, 0.5) is 0 Å². The summed E-state index contributed by atoms with van der Waals surface area (Å²) in [4.78, 5) is 10.5. The molecule has 0 saturated heterocycles. The van der Waals surface area contributed by atoms with E-state index in [9.17, 15) is 13.2 Å². The summed E-state index contributed by atoms with van der Waals surface area (Å²) >= 11 is 0. The smallest absolute Gasteiger partial charge is 0.306 e. The highest BCUT2D eigenvalue weighted by Crippen LogP contribution is 2.06. The van der Waals surface area contributed by atoms with Crippen molar-refractivity contribution in [3.63, 3.8) is 0 Å². The van der Waals surface area contributed by atoms with E-state index in [4.69, 9.17) is 9.63 Å². The van der Waals surface area contributed by atoms with E-state index in [1.807, 2.05) is 0 Å². The number of aliphatic carboxylic acids is 1. The van der Waals surface area contributed by atoms with E-state index in [1.54, 1.807) is 13.0 Å². The van der Waals surface area contributed by atoms with Crippen LogP contribution < -0.4 is 4.72 Å². The fourth-order valence-electron chi connectivity index (χ4n) is 1.29. The van der Waals surface area contributed by atoms with Crippen molar-refractivity contribution < 1.29 is 22.8 Å². The summed E-state index contributed by atoms with van der Waals surface area (Å²) in [6.07, 6.45) is 0.242. The Morgan fingerprint density at radius 1 is 1.61 bits per heavy atom. The molecule has 1 atom stereocenters. The highest BCUT2D eigenvalue weighted by molar-refractivity contribution is 7.88. The fourth-order valence-corrected chi connectivity index (χ4v) is 2.34. The Balaban J connectivity index is 2.43. The third-order valence-electron chi connectivity index (χ3n) is 2.34. The van der Waals surface area contributed by atoms with Gasteiger partial charge in [-0.1, -0.05) is 12.1 Å². The minimum atomic E-state index is -3.51. The summed E-state index contributed by atoms with van der Waals surface area (Å²) in [5, 5.41) is 12.2. The van der Waals surface area contributed by atoms with Crippen molar-refractivity contribution in [1.29, 1.82) is 0 Å². The van der Waals surface area contributed by atoms with Crippen LogP contribution in [-0.4, -0.2) is 31.2 Å². The fraction of sp³-hybridized carbons (Fsp3) is 0.600. The summed E-state index contributed by atoms with van der Waals surface area (Å²) < 4.78 is 30.3. The molecular formula is C10H16N2O5S. The lowest BCUT2D eigenvalue weighted by Crippen LogP contribution is -2.28. The number of rotatable bonds is 7. The van der Waals surface area contributed by atoms with Crippen LogP contribution in [-0.2, 0) is 20.6 Å². The van der Waals surface area contributed by atoms with E-state index in [1.165, 1.54) is 6.92 Å². The maximum Gasteiger partial charge on any atom is 0.306 e. The molecule has 2 N–H and O–H groups in total. The molecule has 1 unspecified atom stereocenters. The first-order chi connectivity index (χ1) is 8.30. The minimum absolute atomic E-state index is 0.0899. The third kappa shape index (κ3) is 4.84. The molecule has 1 rings (SSSR count). The topological polar surface area (TPSA) is 110 Å². The van der Waals surface area contributed by atoms with E-state index in [-0.39, 0.29) is 18.7 Å². The Hall–Kier alpha value is -1.41. The zero-order chi connectivity index (χ0) is 13.8. The van der Waals surface area contributed by atoms with Crippen LogP contribution in [0.5, 0.6) is 0 Å². The molecule has 0 saturated carbocycles. The van der Waals surface area contributed by atoms with Crippen molar-refractivity contribution in [3.05, 3.63) is 17.5 Å². The molecule has 0 aliphatic carbocycles. The molecule has 7 nitrogen and oxygen atoms in total. The van der Waals surface area contributed by atoms with E-state index < -0.39 is 21.9 Å². The van der Waals surface area contributed by atoms with Gasteiger partial charge in [-0.15, -0.1) is 0 Å². The SMILES string of the molecule is Cc1cc(CS(=O)(=O)NCCC(C)C(=O)O)no1. The lowest BCUT2D eigenvalue weighted by Gasteiger charge is -2.07. The number of nitrogens with zero attached hydrogens (tertiary/aromatic N) is 1. The second-order valence-electron chi connectivity index (χ2n) is 4.11. The molecule has 0 aliphatic heterocycles. The van der Waals surface area contributed by atoms with Crippen molar-refractivity contribution in [1.82, 2.24) is 9.88 Å². The first kappa shape index (κ1) is 14.7. The van der Waals surface area contributed by atoms with Gasteiger partial charge in [-0.25, -0.2) is 13.1 Å². The molecule has 0 bridgehead atoms. The summed E-state index contributed by atoms with van der Waals surface area (Å²) in [6, 6.07) is 1.54. The van der Waals surface area contributed by atoms with E-state index in [0.717, 1.165) is 0 Å². The summed E-state index contributed by atoms with van der Waals surface area (Å²) in [6.45, 7) is 3.29. The second kappa shape index (κ2) is 5.96. The van der Waals surface area contributed by atoms with Crippen molar-refractivity contribution in [2.24, 2.45) is 5.92 Å². The van der Waals surface area contributed by atoms with E-state index in [0.29, 0.717) is 11.5 Å². The van der Waals surface area contributed by atoms with Crippen LogP contribution >= 0.6 is 0 Å². The summed E-state index contributed by atoms with van der Waals surface area (Å²) in [5.74, 6) is -1.26. The molecule has 0 amide bonds. The molecule has 0 fully saturated rings. The van der Waals surface area contributed by atoms with Gasteiger partial charge in [0.05, 0.1) is 5.92 Å². The summed E-state index contributed by atoms with van der Waals surface area (Å²) in [7, 11) is -3.51. The first-order valence-electron chi connectivity index (χ1n) is 5.42. The van der Waals surface area contributed by atoms with E-state index >= 15 is 0 Å². The monoisotopic (exact) mass is 276 g/mol. The minimum Gasteiger partial charge on any atom is -0.481 e. The van der Waals surface area contributed by atoms with Gasteiger partial charge in [0.1, 0.15) is 17.2 Å². The van der Waals surface area contributed by atoms with Crippen molar-refractivity contribution in [2.75, 3.05) is 6.54 Å². The Kier molecular flexibility index (Phi) is 4.85. The van der Waals surface area contributed by atoms with E-state index in [2.05, 4.69) is 9.88 Å². The highest BCUT2D eigenvalue weighted by atomic mass is 32.2. The van der Waals surface area contributed by atoms with Gasteiger partial charge in [-0.3, -0.25) is 4.79 Å². The Labute approximate surface area is 105 Å². The quantitative estimate of drug-likeness (QED) is 0.751. The number of nitrogens with one attached hydrogen (secondary N) is 1. The number of sulfonamides is 1. The average molecular weight is 276 g/mol. The van der Waals surface area contributed by atoms with Crippen LogP contribution in [0.15, 0.2) is 10.6 Å². The van der Waals surface area contributed by atoms with Crippen LogP contribution in [0.25, 0.3) is 0 Å². The lowest BCUT2D eigenvalue weighted by molar-refractivity contribution is -0.141. The predicted octanol–water partition coefficient (Wildman–Crippen LogP) is 0.513. The van der Waals surface area contributed by atoms with Gasteiger partial charge in [0.25, 0.3) is 0 Å². The normalized spacial score (nSPS) is 13.4. The maximum atomic E-state index is 11.6. The Morgan fingerprint density at radius 3 is 2.78 bits per heavy atom. The summed E-state index contributed by atoms with van der Waals surface area (Å²) in [5.41, 5.74) is 0.325. The molecule has 0 aliphatic rings. The third-order valence-corrected chi connectivity index (χ3v) is 3.66. The van der Waals surface area contributed by atoms with Crippen molar-refractivity contribution in [3.8, 4) is 0 Å². The van der Waals surface area contributed by atoms with Crippen LogP contribution in [0.1, 0.15) is 24.8 Å². The largest absolute Gasteiger partial charge is 0.481 e. The van der Waals surface area contributed by atoms with Gasteiger partial charge < -0.3 is 9.63 Å². The number of hydrogen-bond acceptors (Lipinski definition) is 5. The Bertz CT molecular complexity index is 508. The highest BCUT2D eigenvalue weighted by Gasteiger charge is 2.16. The van der Waals surface area contributed by atoms with Crippen molar-refractivity contribution >= 4 is 16.0 Å². The average Bonchev–Trinajstić information content (AvgIpc) is 2.62. The number of aryl methyl sites for hydroxylation is 1. The molecule has 0 radical (unpaired) electrons. The van der Waals surface area contributed by atoms with Gasteiger partial charge in [-0.2, -0.15) is 0 Å². The lowest BCUT2D eigenvalue weighted by atomic mass is 10.1. The van der Waals surface area contributed by atoms with Gasteiger partial charge in [0, 0.05) is 12.6 Å². The number of carboxylic acids is 1. The van der Waals surface area contributed by atoms with Gasteiger partial charge in [0.15, 0.2) is 0 Å². The zero-order valence-corrected chi connectivity index (χ0v) is 11.0. The Morgan fingerprint density at radius 2 is 2.28 bits per heavy atom. The number of hydrogen-bond donors (Lipinski definition) is 2. The first-order valence-corrected chi connectivity index (χ1v) is 7.08. The second-order valence-corrected chi connectivity index (χ2v) is 5.92. The molecule has 0 spiro atoms. The van der Waals surface area contributed by atoms with Gasteiger partial charge in [0.2, 0.25) is 10.0 Å². The molecule has 102 valence electrons. The van der Waals surface area contributed by atoms with Crippen LogP contribution in [0.3, 0.4) is 0 Å². The number of carbonyl (C=O) groups is 1. The molecule has 8 heteroatoms. The molecule has 18 heavy (non-hydrogen) atoms. The molecule has 1 heterocycles. The maximum absolute atomic E-state index is 11.6. The molecule has 1 aromatic heterocycles. The van der Waals surface area contributed by atoms with Crippen molar-refractivity contribution in [2.45, 2.75) is 26.0 Å². The van der Waals surface area contributed by atoms with Gasteiger partial charge >= 0.3 is 5.97 Å². The van der Waals surface area contributed by atoms with Crippen LogP contribution in [0, 0.1) is 12.8 Å². The standard InChI is InChI=1S/C10H16N2O5S/c1-7(10(13)14)3-4-11-18(15,16)6-9-5-8(2)17-12-9/h5,7,11H,3-4,6H2,1-2H3,(H,13,14). The zero-order valence-electron chi connectivity index (χ0n) is 10.2. The molecule has 1 aromatic rings. The predicted molar refractivity (Wildman–Crippen MR) is 63.3 cm³/mol. The van der Waals surface area contributed by atoms with Crippen LogP contribution in [0.2, 0.25) is 0 Å². The molecule has 0 aromatic carbocycles. The number of aromatic nitrogens is 1.